The quantitative estimate of drug-likeness (QED) is 0.593. The van der Waals surface area contributed by atoms with Crippen LogP contribution in [-0.4, -0.2) is 38.3 Å². The van der Waals surface area contributed by atoms with Crippen molar-refractivity contribution >= 4 is 33.6 Å². The maximum atomic E-state index is 12.5. The van der Waals surface area contributed by atoms with Crippen molar-refractivity contribution in [1.29, 1.82) is 0 Å². The van der Waals surface area contributed by atoms with Crippen LogP contribution in [0.2, 0.25) is 0 Å². The Kier molecular flexibility index (Phi) is 6.29. The third-order valence-electron chi connectivity index (χ3n) is 5.95. The average Bonchev–Trinajstić information content (AvgIpc) is 3.30. The lowest BCUT2D eigenvalue weighted by atomic mass is 9.82. The molecule has 1 aliphatic heterocycles. The van der Waals surface area contributed by atoms with Crippen LogP contribution in [0.5, 0.6) is 0 Å². The van der Waals surface area contributed by atoms with E-state index in [1.54, 1.807) is 10.9 Å². The number of aryl methyl sites for hydroxylation is 1. The van der Waals surface area contributed by atoms with E-state index in [0.29, 0.717) is 30.0 Å². The molecule has 0 unspecified atom stereocenters. The van der Waals surface area contributed by atoms with Gasteiger partial charge < -0.3 is 15.4 Å². The van der Waals surface area contributed by atoms with E-state index in [2.05, 4.69) is 31.7 Å². The molecule has 8 nitrogen and oxygen atoms in total. The molecule has 0 radical (unpaired) electrons. The van der Waals surface area contributed by atoms with Gasteiger partial charge in [-0.15, -0.1) is 0 Å². The topological polar surface area (TPSA) is 98.1 Å². The summed E-state index contributed by atoms with van der Waals surface area (Å²) in [6, 6.07) is 0.102. The SMILES string of the molecule is Cn1cc(-c2nc(N[C@@H]3CCCC[C@@H]3CC(=O)OC(C)(C)C)c(Br)c3c2C(=O)NC3)cn1. The second-order valence-electron chi connectivity index (χ2n) is 9.65. The second-order valence-corrected chi connectivity index (χ2v) is 10.4. The summed E-state index contributed by atoms with van der Waals surface area (Å²) in [6.07, 6.45) is 8.08. The second kappa shape index (κ2) is 8.84. The summed E-state index contributed by atoms with van der Waals surface area (Å²) in [5.74, 6) is 0.574. The van der Waals surface area contributed by atoms with Gasteiger partial charge in [-0.1, -0.05) is 12.8 Å². The number of hydrogen-bond acceptors (Lipinski definition) is 6. The smallest absolute Gasteiger partial charge is 0.306 e. The molecule has 2 atom stereocenters. The first-order chi connectivity index (χ1) is 15.1. The summed E-state index contributed by atoms with van der Waals surface area (Å²) in [5.41, 5.74) is 2.41. The Morgan fingerprint density at radius 1 is 1.34 bits per heavy atom. The van der Waals surface area contributed by atoms with E-state index >= 15 is 0 Å². The molecule has 1 aliphatic carbocycles. The lowest BCUT2D eigenvalue weighted by Gasteiger charge is -2.33. The van der Waals surface area contributed by atoms with Crippen molar-refractivity contribution in [3.63, 3.8) is 0 Å². The predicted molar refractivity (Wildman–Crippen MR) is 125 cm³/mol. The van der Waals surface area contributed by atoms with Crippen LogP contribution in [0, 0.1) is 5.92 Å². The molecule has 1 fully saturated rings. The Labute approximate surface area is 196 Å². The number of nitrogens with zero attached hydrogens (tertiary/aromatic N) is 3. The molecule has 2 aliphatic rings. The van der Waals surface area contributed by atoms with E-state index in [9.17, 15) is 9.59 Å². The number of rotatable bonds is 5. The fourth-order valence-corrected chi connectivity index (χ4v) is 5.08. The number of halogens is 1. The van der Waals surface area contributed by atoms with E-state index in [1.165, 1.54) is 0 Å². The molecule has 0 aromatic carbocycles. The van der Waals surface area contributed by atoms with Crippen LogP contribution in [-0.2, 0) is 23.1 Å². The number of aromatic nitrogens is 3. The van der Waals surface area contributed by atoms with Gasteiger partial charge in [0.05, 0.1) is 28.3 Å². The number of carbonyl (C=O) groups excluding carboxylic acids is 2. The van der Waals surface area contributed by atoms with Crippen molar-refractivity contribution in [3.05, 3.63) is 28.0 Å². The van der Waals surface area contributed by atoms with E-state index < -0.39 is 5.60 Å². The minimum atomic E-state index is -0.489. The van der Waals surface area contributed by atoms with Gasteiger partial charge in [-0.05, 0) is 55.5 Å². The molecule has 1 saturated carbocycles. The molecule has 1 amide bonds. The van der Waals surface area contributed by atoms with Gasteiger partial charge in [0.25, 0.3) is 5.91 Å². The van der Waals surface area contributed by atoms with Crippen molar-refractivity contribution in [2.75, 3.05) is 5.32 Å². The lowest BCUT2D eigenvalue weighted by Crippen LogP contribution is -2.35. The minimum Gasteiger partial charge on any atom is -0.460 e. The fraction of sp³-hybridized carbons (Fsp3) is 0.565. The van der Waals surface area contributed by atoms with Gasteiger partial charge >= 0.3 is 5.97 Å². The van der Waals surface area contributed by atoms with Gasteiger partial charge in [-0.3, -0.25) is 14.3 Å². The highest BCUT2D eigenvalue weighted by Gasteiger charge is 2.33. The van der Waals surface area contributed by atoms with Crippen LogP contribution in [0.4, 0.5) is 5.82 Å². The molecule has 2 N–H and O–H groups in total. The number of carbonyl (C=O) groups is 2. The number of esters is 1. The van der Waals surface area contributed by atoms with Gasteiger partial charge in [0.2, 0.25) is 0 Å². The largest absolute Gasteiger partial charge is 0.460 e. The number of hydrogen-bond donors (Lipinski definition) is 2. The molecular weight excluding hydrogens is 474 g/mol. The highest BCUT2D eigenvalue weighted by molar-refractivity contribution is 9.10. The van der Waals surface area contributed by atoms with Gasteiger partial charge in [0, 0.05) is 37.0 Å². The molecule has 172 valence electrons. The van der Waals surface area contributed by atoms with Crippen molar-refractivity contribution in [3.8, 4) is 11.3 Å². The van der Waals surface area contributed by atoms with Gasteiger partial charge in [-0.2, -0.15) is 5.10 Å². The van der Waals surface area contributed by atoms with Gasteiger partial charge in [0.15, 0.2) is 0 Å². The maximum Gasteiger partial charge on any atom is 0.306 e. The number of fused-ring (bicyclic) bond motifs is 1. The Morgan fingerprint density at radius 2 is 2.09 bits per heavy atom. The van der Waals surface area contributed by atoms with Gasteiger partial charge in [0.1, 0.15) is 11.4 Å². The number of nitrogens with one attached hydrogen (secondary N) is 2. The monoisotopic (exact) mass is 503 g/mol. The third kappa shape index (κ3) is 4.82. The Bertz CT molecular complexity index is 1040. The van der Waals surface area contributed by atoms with Crippen molar-refractivity contribution < 1.29 is 14.3 Å². The van der Waals surface area contributed by atoms with Crippen LogP contribution in [0.1, 0.15) is 68.8 Å². The zero-order chi connectivity index (χ0) is 23.0. The molecule has 4 rings (SSSR count). The minimum absolute atomic E-state index is 0.102. The number of ether oxygens (including phenoxy) is 1. The number of anilines is 1. The third-order valence-corrected chi connectivity index (χ3v) is 6.80. The first-order valence-corrected chi connectivity index (χ1v) is 11.9. The molecule has 9 heteroatoms. The van der Waals surface area contributed by atoms with Crippen molar-refractivity contribution in [2.24, 2.45) is 13.0 Å². The highest BCUT2D eigenvalue weighted by Crippen LogP contribution is 2.38. The zero-order valence-corrected chi connectivity index (χ0v) is 20.6. The van der Waals surface area contributed by atoms with E-state index in [1.807, 2.05) is 34.0 Å². The molecule has 2 aromatic heterocycles. The number of pyridine rings is 1. The summed E-state index contributed by atoms with van der Waals surface area (Å²) in [6.45, 7) is 6.12. The molecule has 2 aromatic rings. The van der Waals surface area contributed by atoms with Crippen LogP contribution in [0.15, 0.2) is 16.9 Å². The summed E-state index contributed by atoms with van der Waals surface area (Å²) in [4.78, 5) is 29.9. The normalized spacial score (nSPS) is 20.6. The van der Waals surface area contributed by atoms with Crippen LogP contribution in [0.25, 0.3) is 11.3 Å². The summed E-state index contributed by atoms with van der Waals surface area (Å²) in [7, 11) is 1.84. The lowest BCUT2D eigenvalue weighted by molar-refractivity contribution is -0.156. The maximum absolute atomic E-state index is 12.5. The summed E-state index contributed by atoms with van der Waals surface area (Å²) in [5, 5.41) is 10.7. The van der Waals surface area contributed by atoms with Crippen molar-refractivity contribution in [2.45, 2.75) is 71.1 Å². The molecular formula is C23H30BrN5O3. The molecule has 0 spiro atoms. The molecule has 32 heavy (non-hydrogen) atoms. The number of amides is 1. The standard InChI is InChI=1S/C23H30BrN5O3/c1-23(2,3)32-17(30)9-13-7-5-6-8-16(13)27-21-19(24)15-11-25-22(31)18(15)20(28-21)14-10-26-29(4)12-14/h10,12-13,16H,5-9,11H2,1-4H3,(H,25,31)(H,27,28)/t13-,16-/m1/s1. The Hall–Kier alpha value is -2.42. The molecule has 3 heterocycles. The Morgan fingerprint density at radius 3 is 2.78 bits per heavy atom. The van der Waals surface area contributed by atoms with Gasteiger partial charge in [-0.25, -0.2) is 4.98 Å². The van der Waals surface area contributed by atoms with E-state index in [4.69, 9.17) is 9.72 Å². The van der Waals surface area contributed by atoms with Crippen LogP contribution in [0.3, 0.4) is 0 Å². The highest BCUT2D eigenvalue weighted by atomic mass is 79.9. The average molecular weight is 504 g/mol. The fourth-order valence-electron chi connectivity index (χ4n) is 4.54. The molecule has 0 bridgehead atoms. The van der Waals surface area contributed by atoms with E-state index in [0.717, 1.165) is 41.3 Å². The van der Waals surface area contributed by atoms with Crippen LogP contribution < -0.4 is 10.6 Å². The van der Waals surface area contributed by atoms with E-state index in [-0.39, 0.29) is 23.8 Å². The first-order valence-electron chi connectivity index (χ1n) is 11.1. The Balaban J connectivity index is 1.63. The van der Waals surface area contributed by atoms with Crippen LogP contribution >= 0.6 is 15.9 Å². The zero-order valence-electron chi connectivity index (χ0n) is 19.0. The molecule has 0 saturated heterocycles. The summed E-state index contributed by atoms with van der Waals surface area (Å²) < 4.78 is 8.06. The summed E-state index contributed by atoms with van der Waals surface area (Å²) >= 11 is 3.68. The first kappa shape index (κ1) is 22.8. The van der Waals surface area contributed by atoms with Crippen molar-refractivity contribution in [1.82, 2.24) is 20.1 Å². The predicted octanol–water partition coefficient (Wildman–Crippen LogP) is 4.19.